The van der Waals surface area contributed by atoms with Crippen LogP contribution in [0.25, 0.3) is 0 Å². The van der Waals surface area contributed by atoms with Crippen LogP contribution in [-0.4, -0.2) is 16.8 Å². The van der Waals surface area contributed by atoms with Crippen LogP contribution in [0, 0.1) is 0 Å². The van der Waals surface area contributed by atoms with Gasteiger partial charge in [0.15, 0.2) is 0 Å². The molecular formula is C18H44B2. The van der Waals surface area contributed by atoms with Crippen molar-refractivity contribution in [2.24, 2.45) is 0 Å². The highest BCUT2D eigenvalue weighted by Gasteiger charge is 1.96. The van der Waals surface area contributed by atoms with E-state index in [1.165, 1.54) is 77.0 Å². The average molecular weight is 282 g/mol. The van der Waals surface area contributed by atoms with Gasteiger partial charge in [-0.2, -0.15) is 0 Å². The molecule has 2 heteroatoms. The third kappa shape index (κ3) is 36.2. The monoisotopic (exact) mass is 282 g/mol. The lowest BCUT2D eigenvalue weighted by molar-refractivity contribution is 0.504. The Morgan fingerprint density at radius 3 is 0.400 bits per heavy atom. The quantitative estimate of drug-likeness (QED) is 0.410. The largest absolute Gasteiger partial charge is 0.0776 e. The molecule has 0 aromatic carbocycles. The lowest BCUT2D eigenvalue weighted by Gasteiger charge is -2.05. The fraction of sp³-hybridized carbons (Fsp3) is 1.00. The van der Waals surface area contributed by atoms with Gasteiger partial charge in [0.25, 0.3) is 0 Å². The Hall–Kier alpha value is 0.130. The number of hydrogen-bond acceptors (Lipinski definition) is 0. The molecule has 0 amide bonds. The fourth-order valence-corrected chi connectivity index (χ4v) is 2.12. The van der Waals surface area contributed by atoms with Gasteiger partial charge in [0, 0.05) is 16.8 Å². The molecular weight excluding hydrogens is 238 g/mol. The van der Waals surface area contributed by atoms with Crippen molar-refractivity contribution in [2.75, 3.05) is 0 Å². The van der Waals surface area contributed by atoms with Crippen LogP contribution in [-0.2, 0) is 0 Å². The van der Waals surface area contributed by atoms with Crippen LogP contribution in [0.4, 0.5) is 0 Å². The zero-order valence-corrected chi connectivity index (χ0v) is 13.6. The molecule has 0 atom stereocenters. The van der Waals surface area contributed by atoms with E-state index in [1.54, 1.807) is 0 Å². The second kappa shape index (κ2) is 42.7. The maximum atomic E-state index is 2.00. The van der Waals surface area contributed by atoms with Crippen molar-refractivity contribution in [2.45, 2.75) is 120 Å². The van der Waals surface area contributed by atoms with Crippen molar-refractivity contribution in [3.05, 3.63) is 0 Å². The minimum atomic E-state index is 0. The van der Waals surface area contributed by atoms with Crippen molar-refractivity contribution in [1.29, 1.82) is 0 Å². The molecule has 0 nitrogen and oxygen atoms in total. The van der Waals surface area contributed by atoms with Crippen LogP contribution >= 0.6 is 0 Å². The van der Waals surface area contributed by atoms with Gasteiger partial charge in [-0.3, -0.25) is 0 Å². The first-order valence-corrected chi connectivity index (χ1v) is 8.00. The normalized spacial score (nSPS) is 15.0. The van der Waals surface area contributed by atoms with Gasteiger partial charge < -0.3 is 0 Å². The standard InChI is InChI=1S/2C6H12.2C2H6.2CH4.2B/c2*1-2-4-6-5-3-1;2*1-2;;;;/h2*1-6H2;2*1-2H3;2*1H4;;. The Bertz CT molecular complexity index is 52.4. The summed E-state index contributed by atoms with van der Waals surface area (Å²) < 4.78 is 0. The highest BCUT2D eigenvalue weighted by Crippen LogP contribution is 2.15. The smallest absolute Gasteiger partial charge is 0 e. The van der Waals surface area contributed by atoms with E-state index in [2.05, 4.69) is 0 Å². The molecule has 0 aliphatic heterocycles. The molecule has 0 aromatic heterocycles. The highest BCUT2D eigenvalue weighted by atomic mass is 14.0. The fourth-order valence-electron chi connectivity index (χ4n) is 2.12. The van der Waals surface area contributed by atoms with Gasteiger partial charge in [-0.25, -0.2) is 0 Å². The molecule has 2 aliphatic rings. The van der Waals surface area contributed by atoms with Crippen LogP contribution in [0.15, 0.2) is 0 Å². The minimum absolute atomic E-state index is 0. The lowest BCUT2D eigenvalue weighted by Crippen LogP contribution is -1.85. The summed E-state index contributed by atoms with van der Waals surface area (Å²) in [5.41, 5.74) is 0. The molecule has 2 rings (SSSR count). The van der Waals surface area contributed by atoms with Crippen molar-refractivity contribution in [3.8, 4) is 0 Å². The third-order valence-corrected chi connectivity index (χ3v) is 3.00. The van der Waals surface area contributed by atoms with Crippen molar-refractivity contribution >= 4 is 16.8 Å². The van der Waals surface area contributed by atoms with E-state index in [9.17, 15) is 0 Å². The molecule has 0 saturated heterocycles. The summed E-state index contributed by atoms with van der Waals surface area (Å²) in [5.74, 6) is 0. The molecule has 2 aliphatic carbocycles. The van der Waals surface area contributed by atoms with Crippen LogP contribution in [0.1, 0.15) is 120 Å². The van der Waals surface area contributed by atoms with Gasteiger partial charge in [0.2, 0.25) is 0 Å². The Labute approximate surface area is 137 Å². The maximum Gasteiger partial charge on any atom is 0 e. The predicted molar refractivity (Wildman–Crippen MR) is 103 cm³/mol. The van der Waals surface area contributed by atoms with Crippen LogP contribution in [0.5, 0.6) is 0 Å². The van der Waals surface area contributed by atoms with Crippen LogP contribution in [0.2, 0.25) is 0 Å². The number of rotatable bonds is 0. The molecule has 2 fully saturated rings. The Morgan fingerprint density at radius 2 is 0.350 bits per heavy atom. The number of hydrogen-bond donors (Lipinski definition) is 0. The molecule has 0 bridgehead atoms. The molecule has 6 radical (unpaired) electrons. The van der Waals surface area contributed by atoms with Gasteiger partial charge in [0.1, 0.15) is 0 Å². The molecule has 2 saturated carbocycles. The summed E-state index contributed by atoms with van der Waals surface area (Å²) in [6, 6.07) is 0. The van der Waals surface area contributed by atoms with E-state index < -0.39 is 0 Å². The van der Waals surface area contributed by atoms with Crippen molar-refractivity contribution < 1.29 is 0 Å². The van der Waals surface area contributed by atoms with E-state index in [1.807, 2.05) is 27.7 Å². The van der Waals surface area contributed by atoms with E-state index in [4.69, 9.17) is 0 Å². The Kier molecular flexibility index (Phi) is 78.8. The molecule has 122 valence electrons. The first-order chi connectivity index (χ1) is 8.00. The summed E-state index contributed by atoms with van der Waals surface area (Å²) in [6.07, 6.45) is 18.0. The summed E-state index contributed by atoms with van der Waals surface area (Å²) in [6.45, 7) is 8.00. The second-order valence-electron chi connectivity index (χ2n) is 4.24. The second-order valence-corrected chi connectivity index (χ2v) is 4.24. The summed E-state index contributed by atoms with van der Waals surface area (Å²) in [4.78, 5) is 0. The molecule has 0 spiro atoms. The minimum Gasteiger partial charge on any atom is -0.0776 e. The zero-order chi connectivity index (χ0) is 12.5. The van der Waals surface area contributed by atoms with Crippen LogP contribution < -0.4 is 0 Å². The SMILES string of the molecule is C.C.C1CCCCC1.C1CCCCC1.CC.CC.[B].[B]. The van der Waals surface area contributed by atoms with Gasteiger partial charge in [-0.1, -0.05) is 120 Å². The van der Waals surface area contributed by atoms with E-state index in [0.717, 1.165) is 0 Å². The van der Waals surface area contributed by atoms with Crippen molar-refractivity contribution in [3.63, 3.8) is 0 Å². The van der Waals surface area contributed by atoms with Crippen LogP contribution in [0.3, 0.4) is 0 Å². The zero-order valence-electron chi connectivity index (χ0n) is 13.6. The first-order valence-electron chi connectivity index (χ1n) is 8.00. The molecule has 0 unspecified atom stereocenters. The Morgan fingerprint density at radius 1 is 0.300 bits per heavy atom. The van der Waals surface area contributed by atoms with Gasteiger partial charge in [0.05, 0.1) is 0 Å². The molecule has 0 N–H and O–H groups in total. The predicted octanol–water partition coefficient (Wildman–Crippen LogP) is 7.24. The Balaban J connectivity index is -0.0000000339. The van der Waals surface area contributed by atoms with Gasteiger partial charge >= 0.3 is 0 Å². The average Bonchev–Trinajstić information content (AvgIpc) is 2.48. The summed E-state index contributed by atoms with van der Waals surface area (Å²) >= 11 is 0. The first kappa shape index (κ1) is 36.9. The lowest BCUT2D eigenvalue weighted by atomic mass is 10.0. The van der Waals surface area contributed by atoms with E-state index >= 15 is 0 Å². The maximum absolute atomic E-state index is 2.00. The van der Waals surface area contributed by atoms with Gasteiger partial charge in [-0.05, 0) is 0 Å². The summed E-state index contributed by atoms with van der Waals surface area (Å²) in [5, 5.41) is 0. The molecule has 0 heterocycles. The van der Waals surface area contributed by atoms with E-state index in [0.29, 0.717) is 0 Å². The summed E-state index contributed by atoms with van der Waals surface area (Å²) in [7, 11) is 0. The highest BCUT2D eigenvalue weighted by molar-refractivity contribution is 5.76. The molecule has 20 heavy (non-hydrogen) atoms. The van der Waals surface area contributed by atoms with Gasteiger partial charge in [-0.15, -0.1) is 0 Å². The molecule has 0 aromatic rings. The third-order valence-electron chi connectivity index (χ3n) is 3.00. The van der Waals surface area contributed by atoms with E-state index in [-0.39, 0.29) is 31.7 Å². The topological polar surface area (TPSA) is 0 Å². The van der Waals surface area contributed by atoms with Crippen molar-refractivity contribution in [1.82, 2.24) is 0 Å².